The quantitative estimate of drug-likeness (QED) is 0.879. The van der Waals surface area contributed by atoms with Gasteiger partial charge in [-0.3, -0.25) is 9.69 Å². The van der Waals surface area contributed by atoms with E-state index in [0.29, 0.717) is 12.1 Å². The van der Waals surface area contributed by atoms with Crippen molar-refractivity contribution in [3.05, 3.63) is 59.4 Å². The summed E-state index contributed by atoms with van der Waals surface area (Å²) in [6, 6.07) is 13.2. The molecule has 0 radical (unpaired) electrons. The van der Waals surface area contributed by atoms with Crippen molar-refractivity contribution in [3.8, 4) is 0 Å². The number of hydrogen-bond donors (Lipinski definition) is 1. The average molecular weight is 367 g/mol. The van der Waals surface area contributed by atoms with Crippen LogP contribution in [0.3, 0.4) is 0 Å². The van der Waals surface area contributed by atoms with Gasteiger partial charge in [-0.25, -0.2) is 4.39 Å². The summed E-state index contributed by atoms with van der Waals surface area (Å²) in [5.74, 6) is -0.107. The lowest BCUT2D eigenvalue weighted by atomic mass is 10.1. The Bertz CT molecular complexity index is 815. The number of amides is 1. The monoisotopic (exact) mass is 367 g/mol. The maximum Gasteiger partial charge on any atom is 0.225 e. The molecule has 0 saturated carbocycles. The first-order chi connectivity index (χ1) is 13.2. The van der Waals surface area contributed by atoms with Gasteiger partial charge in [0, 0.05) is 44.8 Å². The Hall–Kier alpha value is -2.40. The molecule has 1 saturated heterocycles. The minimum atomic E-state index is -0.167. The molecule has 0 spiro atoms. The number of piperazine rings is 1. The number of hydrogen-bond acceptors (Lipinski definition) is 3. The molecule has 0 bridgehead atoms. The number of nitrogens with one attached hydrogen (secondary N) is 1. The molecule has 4 rings (SSSR count). The molecule has 142 valence electrons. The summed E-state index contributed by atoms with van der Waals surface area (Å²) in [4.78, 5) is 16.6. The first kappa shape index (κ1) is 18.0. The fourth-order valence-corrected chi connectivity index (χ4v) is 4.05. The van der Waals surface area contributed by atoms with Gasteiger partial charge in [0.15, 0.2) is 0 Å². The molecule has 2 aliphatic rings. The van der Waals surface area contributed by atoms with E-state index in [2.05, 4.69) is 27.2 Å². The summed E-state index contributed by atoms with van der Waals surface area (Å²) in [6.07, 6.45) is 3.97. The summed E-state index contributed by atoms with van der Waals surface area (Å²) in [5.41, 5.74) is 4.37. The molecule has 2 aromatic carbocycles. The van der Waals surface area contributed by atoms with Crippen LogP contribution in [0.15, 0.2) is 42.5 Å². The fraction of sp³-hybridized carbons (Fsp3) is 0.409. The fourth-order valence-electron chi connectivity index (χ4n) is 4.05. The number of nitrogens with zero attached hydrogens (tertiary/aromatic N) is 2. The van der Waals surface area contributed by atoms with Crippen LogP contribution in [-0.2, 0) is 17.6 Å². The van der Waals surface area contributed by atoms with E-state index >= 15 is 0 Å². The molecule has 5 heteroatoms. The SMILES string of the molecule is O=C(CCN1CCN(c2ccccc2F)CC1)Nc1ccc2c(c1)CCC2. The zero-order chi connectivity index (χ0) is 18.6. The summed E-state index contributed by atoms with van der Waals surface area (Å²) in [6.45, 7) is 4.00. The number of fused-ring (bicyclic) bond motifs is 1. The highest BCUT2D eigenvalue weighted by atomic mass is 19.1. The Kier molecular flexibility index (Phi) is 5.39. The van der Waals surface area contributed by atoms with Crippen molar-refractivity contribution in [3.63, 3.8) is 0 Å². The van der Waals surface area contributed by atoms with E-state index in [0.717, 1.165) is 51.3 Å². The summed E-state index contributed by atoms with van der Waals surface area (Å²) >= 11 is 0. The van der Waals surface area contributed by atoms with Crippen LogP contribution in [0.5, 0.6) is 0 Å². The van der Waals surface area contributed by atoms with E-state index in [1.807, 2.05) is 18.2 Å². The Morgan fingerprint density at radius 3 is 2.59 bits per heavy atom. The molecular formula is C22H26FN3O. The van der Waals surface area contributed by atoms with Crippen molar-refractivity contribution in [1.29, 1.82) is 0 Å². The molecule has 1 fully saturated rings. The summed E-state index contributed by atoms with van der Waals surface area (Å²) in [7, 11) is 0. The third-order valence-corrected chi connectivity index (χ3v) is 5.60. The Labute approximate surface area is 160 Å². The molecule has 0 unspecified atom stereocenters. The predicted molar refractivity (Wildman–Crippen MR) is 107 cm³/mol. The lowest BCUT2D eigenvalue weighted by Crippen LogP contribution is -2.47. The molecule has 0 atom stereocenters. The molecule has 1 N–H and O–H groups in total. The first-order valence-electron chi connectivity index (χ1n) is 9.82. The van der Waals surface area contributed by atoms with Crippen molar-refractivity contribution in [2.24, 2.45) is 0 Å². The Morgan fingerprint density at radius 2 is 1.78 bits per heavy atom. The van der Waals surface area contributed by atoms with Crippen LogP contribution in [0.25, 0.3) is 0 Å². The van der Waals surface area contributed by atoms with E-state index in [1.54, 1.807) is 6.07 Å². The van der Waals surface area contributed by atoms with E-state index in [9.17, 15) is 9.18 Å². The van der Waals surface area contributed by atoms with Gasteiger partial charge in [-0.05, 0) is 54.7 Å². The van der Waals surface area contributed by atoms with Crippen molar-refractivity contribution in [2.45, 2.75) is 25.7 Å². The van der Waals surface area contributed by atoms with E-state index in [-0.39, 0.29) is 11.7 Å². The molecule has 1 amide bonds. The second-order valence-electron chi connectivity index (χ2n) is 7.42. The first-order valence-corrected chi connectivity index (χ1v) is 9.82. The summed E-state index contributed by atoms with van der Waals surface area (Å²) < 4.78 is 13.9. The Morgan fingerprint density at radius 1 is 1.00 bits per heavy atom. The largest absolute Gasteiger partial charge is 0.367 e. The van der Waals surface area contributed by atoms with Gasteiger partial charge in [-0.1, -0.05) is 18.2 Å². The van der Waals surface area contributed by atoms with Gasteiger partial charge in [0.2, 0.25) is 5.91 Å². The van der Waals surface area contributed by atoms with E-state index < -0.39 is 0 Å². The molecule has 1 heterocycles. The zero-order valence-corrected chi connectivity index (χ0v) is 15.6. The van der Waals surface area contributed by atoms with Crippen LogP contribution in [0, 0.1) is 5.82 Å². The second kappa shape index (κ2) is 8.09. The van der Waals surface area contributed by atoms with Gasteiger partial charge in [-0.2, -0.15) is 0 Å². The minimum absolute atomic E-state index is 0.0597. The highest BCUT2D eigenvalue weighted by Gasteiger charge is 2.19. The molecule has 1 aliphatic carbocycles. The highest BCUT2D eigenvalue weighted by molar-refractivity contribution is 5.91. The molecule has 1 aliphatic heterocycles. The van der Waals surface area contributed by atoms with Gasteiger partial charge >= 0.3 is 0 Å². The topological polar surface area (TPSA) is 35.6 Å². The molecule has 4 nitrogen and oxygen atoms in total. The molecule has 2 aromatic rings. The third kappa shape index (κ3) is 4.30. The Balaban J connectivity index is 1.23. The van der Waals surface area contributed by atoms with Gasteiger partial charge < -0.3 is 10.2 Å². The van der Waals surface area contributed by atoms with Crippen LogP contribution < -0.4 is 10.2 Å². The molecular weight excluding hydrogens is 341 g/mol. The highest BCUT2D eigenvalue weighted by Crippen LogP contribution is 2.25. The smallest absolute Gasteiger partial charge is 0.225 e. The number of carbonyl (C=O) groups excluding carboxylic acids is 1. The third-order valence-electron chi connectivity index (χ3n) is 5.60. The van der Waals surface area contributed by atoms with Crippen molar-refractivity contribution in [2.75, 3.05) is 42.9 Å². The number of anilines is 2. The van der Waals surface area contributed by atoms with E-state index in [4.69, 9.17) is 0 Å². The van der Waals surface area contributed by atoms with Crippen molar-refractivity contribution >= 4 is 17.3 Å². The number of rotatable bonds is 5. The van der Waals surface area contributed by atoms with Crippen LogP contribution in [-0.4, -0.2) is 43.5 Å². The average Bonchev–Trinajstić information content (AvgIpc) is 3.15. The van der Waals surface area contributed by atoms with Crippen LogP contribution in [0.2, 0.25) is 0 Å². The predicted octanol–water partition coefficient (Wildman–Crippen LogP) is 3.47. The number of aryl methyl sites for hydroxylation is 2. The van der Waals surface area contributed by atoms with Gasteiger partial charge in [0.1, 0.15) is 5.82 Å². The maximum absolute atomic E-state index is 13.9. The second-order valence-corrected chi connectivity index (χ2v) is 7.42. The molecule has 27 heavy (non-hydrogen) atoms. The van der Waals surface area contributed by atoms with Gasteiger partial charge in [0.05, 0.1) is 5.69 Å². The van der Waals surface area contributed by atoms with Gasteiger partial charge in [0.25, 0.3) is 0 Å². The number of para-hydroxylation sites is 1. The number of benzene rings is 2. The van der Waals surface area contributed by atoms with Gasteiger partial charge in [-0.15, -0.1) is 0 Å². The minimum Gasteiger partial charge on any atom is -0.367 e. The van der Waals surface area contributed by atoms with Crippen LogP contribution in [0.4, 0.5) is 15.8 Å². The molecule has 0 aromatic heterocycles. The normalized spacial score (nSPS) is 17.0. The number of carbonyl (C=O) groups is 1. The standard InChI is InChI=1S/C22H26FN3O/c23-20-6-1-2-7-21(20)26-14-12-25(13-15-26)11-10-22(27)24-19-9-8-17-4-3-5-18(17)16-19/h1-2,6-9,16H,3-5,10-15H2,(H,24,27). The van der Waals surface area contributed by atoms with E-state index in [1.165, 1.54) is 23.6 Å². The maximum atomic E-state index is 13.9. The van der Waals surface area contributed by atoms with Crippen molar-refractivity contribution in [1.82, 2.24) is 4.90 Å². The van der Waals surface area contributed by atoms with Crippen LogP contribution in [0.1, 0.15) is 24.0 Å². The summed E-state index contributed by atoms with van der Waals surface area (Å²) in [5, 5.41) is 3.03. The lowest BCUT2D eigenvalue weighted by Gasteiger charge is -2.36. The van der Waals surface area contributed by atoms with Crippen LogP contribution >= 0.6 is 0 Å². The van der Waals surface area contributed by atoms with Crippen molar-refractivity contribution < 1.29 is 9.18 Å². The number of halogens is 1. The zero-order valence-electron chi connectivity index (χ0n) is 15.6. The lowest BCUT2D eigenvalue weighted by molar-refractivity contribution is -0.116.